The second-order valence-corrected chi connectivity index (χ2v) is 4.13. The van der Waals surface area contributed by atoms with E-state index in [4.69, 9.17) is 4.42 Å². The molecule has 0 radical (unpaired) electrons. The highest BCUT2D eigenvalue weighted by molar-refractivity contribution is 5.90. The number of nitrogens with one attached hydrogen (secondary N) is 1. The lowest BCUT2D eigenvalue weighted by Crippen LogP contribution is -2.12. The van der Waals surface area contributed by atoms with Gasteiger partial charge in [-0.05, 0) is 24.6 Å². The van der Waals surface area contributed by atoms with Gasteiger partial charge in [0.15, 0.2) is 0 Å². The Kier molecular flexibility index (Phi) is 3.72. The van der Waals surface area contributed by atoms with E-state index in [-0.39, 0.29) is 5.91 Å². The summed E-state index contributed by atoms with van der Waals surface area (Å²) in [6.07, 6.45) is 0.786. The summed E-state index contributed by atoms with van der Waals surface area (Å²) >= 11 is 0. The smallest absolute Gasteiger partial charge is 0.224 e. The summed E-state index contributed by atoms with van der Waals surface area (Å²) in [7, 11) is 0. The van der Waals surface area contributed by atoms with Crippen LogP contribution in [0.1, 0.15) is 23.8 Å². The Labute approximate surface area is 105 Å². The summed E-state index contributed by atoms with van der Waals surface area (Å²) < 4.78 is 5.20. The highest BCUT2D eigenvalue weighted by atomic mass is 16.4. The van der Waals surface area contributed by atoms with Crippen LogP contribution in [0.4, 0.5) is 5.69 Å². The van der Waals surface area contributed by atoms with Crippen LogP contribution in [0, 0.1) is 13.8 Å². The molecule has 0 aliphatic carbocycles. The Morgan fingerprint density at radius 2 is 2.17 bits per heavy atom. The predicted molar refractivity (Wildman–Crippen MR) is 67.2 cm³/mol. The van der Waals surface area contributed by atoms with Crippen LogP contribution in [0.15, 0.2) is 28.7 Å². The fourth-order valence-electron chi connectivity index (χ4n) is 1.61. The molecule has 18 heavy (non-hydrogen) atoms. The number of rotatable bonds is 4. The Hall–Kier alpha value is -2.17. The largest absolute Gasteiger partial charge is 0.426 e. The minimum absolute atomic E-state index is 0.0588. The number of carbonyl (C=O) groups is 1. The van der Waals surface area contributed by atoms with Gasteiger partial charge in [0, 0.05) is 25.5 Å². The molecule has 1 aromatic carbocycles. The van der Waals surface area contributed by atoms with Crippen molar-refractivity contribution in [2.45, 2.75) is 26.7 Å². The average Bonchev–Trinajstić information content (AvgIpc) is 2.73. The van der Waals surface area contributed by atoms with Crippen molar-refractivity contribution < 1.29 is 9.21 Å². The molecule has 1 heterocycles. The van der Waals surface area contributed by atoms with Gasteiger partial charge in [-0.3, -0.25) is 4.79 Å². The molecule has 1 N–H and O–H groups in total. The van der Waals surface area contributed by atoms with Crippen LogP contribution in [0.5, 0.6) is 0 Å². The van der Waals surface area contributed by atoms with Gasteiger partial charge in [-0.2, -0.15) is 0 Å². The van der Waals surface area contributed by atoms with E-state index in [1.165, 1.54) is 0 Å². The number of benzene rings is 1. The molecule has 0 aliphatic rings. The lowest BCUT2D eigenvalue weighted by Gasteiger charge is -2.04. The van der Waals surface area contributed by atoms with Gasteiger partial charge < -0.3 is 9.73 Å². The standard InChI is InChI=1S/C13H15N3O2/c1-9-4-3-5-11(8-9)14-12(17)6-7-13-16-15-10(2)18-13/h3-5,8H,6-7H2,1-2H3,(H,14,17). The summed E-state index contributed by atoms with van der Waals surface area (Å²) in [5.74, 6) is 0.951. The van der Waals surface area contributed by atoms with Crippen LogP contribution in [0.25, 0.3) is 0 Å². The maximum atomic E-state index is 11.7. The maximum Gasteiger partial charge on any atom is 0.224 e. The van der Waals surface area contributed by atoms with E-state index in [2.05, 4.69) is 15.5 Å². The normalized spacial score (nSPS) is 10.3. The number of hydrogen-bond donors (Lipinski definition) is 1. The first kappa shape index (κ1) is 12.3. The Morgan fingerprint density at radius 3 is 2.83 bits per heavy atom. The van der Waals surface area contributed by atoms with E-state index in [1.807, 2.05) is 31.2 Å². The molecule has 5 nitrogen and oxygen atoms in total. The molecule has 0 spiro atoms. The van der Waals surface area contributed by atoms with Crippen molar-refractivity contribution in [1.29, 1.82) is 0 Å². The van der Waals surface area contributed by atoms with Crippen LogP contribution >= 0.6 is 0 Å². The lowest BCUT2D eigenvalue weighted by atomic mass is 10.2. The van der Waals surface area contributed by atoms with E-state index >= 15 is 0 Å². The molecule has 1 amide bonds. The summed E-state index contributed by atoms with van der Waals surface area (Å²) in [5, 5.41) is 10.4. The zero-order valence-corrected chi connectivity index (χ0v) is 10.4. The van der Waals surface area contributed by atoms with Gasteiger partial charge in [-0.15, -0.1) is 10.2 Å². The van der Waals surface area contributed by atoms with Crippen molar-refractivity contribution in [2.75, 3.05) is 5.32 Å². The first-order valence-corrected chi connectivity index (χ1v) is 5.79. The summed E-state index contributed by atoms with van der Waals surface area (Å²) in [5.41, 5.74) is 1.92. The lowest BCUT2D eigenvalue weighted by molar-refractivity contribution is -0.116. The minimum Gasteiger partial charge on any atom is -0.426 e. The third kappa shape index (κ3) is 3.41. The number of aryl methyl sites for hydroxylation is 3. The predicted octanol–water partition coefficient (Wildman–Crippen LogP) is 2.26. The topological polar surface area (TPSA) is 68.0 Å². The molecule has 0 saturated carbocycles. The van der Waals surface area contributed by atoms with Crippen LogP contribution in [0.3, 0.4) is 0 Å². The Bertz CT molecular complexity index is 549. The third-order valence-corrected chi connectivity index (χ3v) is 2.44. The van der Waals surface area contributed by atoms with Crippen LogP contribution in [0.2, 0.25) is 0 Å². The second-order valence-electron chi connectivity index (χ2n) is 4.13. The van der Waals surface area contributed by atoms with Gasteiger partial charge in [0.05, 0.1) is 0 Å². The molecular formula is C13H15N3O2. The van der Waals surface area contributed by atoms with E-state index in [1.54, 1.807) is 6.92 Å². The van der Waals surface area contributed by atoms with E-state index in [0.29, 0.717) is 24.6 Å². The molecule has 94 valence electrons. The number of nitrogens with zero attached hydrogens (tertiary/aromatic N) is 2. The highest BCUT2D eigenvalue weighted by Crippen LogP contribution is 2.10. The number of hydrogen-bond acceptors (Lipinski definition) is 4. The molecule has 1 aromatic heterocycles. The van der Waals surface area contributed by atoms with Crippen molar-refractivity contribution in [1.82, 2.24) is 10.2 Å². The van der Waals surface area contributed by atoms with Gasteiger partial charge in [0.1, 0.15) is 0 Å². The molecule has 2 aromatic rings. The van der Waals surface area contributed by atoms with Crippen LogP contribution in [-0.2, 0) is 11.2 Å². The molecule has 0 aliphatic heterocycles. The zero-order chi connectivity index (χ0) is 13.0. The summed E-state index contributed by atoms with van der Waals surface area (Å²) in [6, 6.07) is 7.68. The van der Waals surface area contributed by atoms with Crippen LogP contribution in [-0.4, -0.2) is 16.1 Å². The summed E-state index contributed by atoms with van der Waals surface area (Å²) in [4.78, 5) is 11.7. The quantitative estimate of drug-likeness (QED) is 0.897. The molecule has 2 rings (SSSR count). The van der Waals surface area contributed by atoms with Crippen molar-refractivity contribution in [3.05, 3.63) is 41.6 Å². The summed E-state index contributed by atoms with van der Waals surface area (Å²) in [6.45, 7) is 3.71. The first-order chi connectivity index (χ1) is 8.63. The van der Waals surface area contributed by atoms with Crippen molar-refractivity contribution >= 4 is 11.6 Å². The molecule has 5 heteroatoms. The van der Waals surface area contributed by atoms with Crippen molar-refractivity contribution in [3.63, 3.8) is 0 Å². The molecular weight excluding hydrogens is 230 g/mol. The number of anilines is 1. The number of amides is 1. The average molecular weight is 245 g/mol. The Balaban J connectivity index is 1.85. The zero-order valence-electron chi connectivity index (χ0n) is 10.4. The fourth-order valence-corrected chi connectivity index (χ4v) is 1.61. The van der Waals surface area contributed by atoms with E-state index < -0.39 is 0 Å². The molecule has 0 saturated heterocycles. The SMILES string of the molecule is Cc1cccc(NC(=O)CCc2nnc(C)o2)c1. The highest BCUT2D eigenvalue weighted by Gasteiger charge is 2.07. The van der Waals surface area contributed by atoms with Gasteiger partial charge >= 0.3 is 0 Å². The van der Waals surface area contributed by atoms with Crippen LogP contribution < -0.4 is 5.32 Å². The first-order valence-electron chi connectivity index (χ1n) is 5.79. The van der Waals surface area contributed by atoms with Gasteiger partial charge in [0.25, 0.3) is 0 Å². The number of carbonyl (C=O) groups excluding carboxylic acids is 1. The van der Waals surface area contributed by atoms with E-state index in [9.17, 15) is 4.79 Å². The fraction of sp³-hybridized carbons (Fsp3) is 0.308. The third-order valence-electron chi connectivity index (χ3n) is 2.44. The van der Waals surface area contributed by atoms with E-state index in [0.717, 1.165) is 11.3 Å². The minimum atomic E-state index is -0.0588. The molecule has 0 bridgehead atoms. The second kappa shape index (κ2) is 5.44. The van der Waals surface area contributed by atoms with Crippen molar-refractivity contribution in [3.8, 4) is 0 Å². The molecule has 0 atom stereocenters. The Morgan fingerprint density at radius 1 is 1.33 bits per heavy atom. The molecule has 0 fully saturated rings. The monoisotopic (exact) mass is 245 g/mol. The van der Waals surface area contributed by atoms with Gasteiger partial charge in [-0.25, -0.2) is 0 Å². The van der Waals surface area contributed by atoms with Gasteiger partial charge in [-0.1, -0.05) is 12.1 Å². The molecule has 0 unspecified atom stereocenters. The maximum absolute atomic E-state index is 11.7. The van der Waals surface area contributed by atoms with Gasteiger partial charge in [0.2, 0.25) is 17.7 Å². The van der Waals surface area contributed by atoms with Crippen molar-refractivity contribution in [2.24, 2.45) is 0 Å². The number of aromatic nitrogens is 2.